The summed E-state index contributed by atoms with van der Waals surface area (Å²) in [7, 11) is 0. The van der Waals surface area contributed by atoms with Crippen LogP contribution in [-0.2, 0) is 22.5 Å². The number of fused-ring (bicyclic) bond motifs is 1. The summed E-state index contributed by atoms with van der Waals surface area (Å²) in [6.07, 6.45) is 3.72. The third kappa shape index (κ3) is 4.13. The van der Waals surface area contributed by atoms with E-state index >= 15 is 0 Å². The summed E-state index contributed by atoms with van der Waals surface area (Å²) in [5.41, 5.74) is 4.89. The van der Waals surface area contributed by atoms with Gasteiger partial charge in [-0.25, -0.2) is 0 Å². The molecule has 1 amide bonds. The summed E-state index contributed by atoms with van der Waals surface area (Å²) < 4.78 is 5.56. The summed E-state index contributed by atoms with van der Waals surface area (Å²) >= 11 is 0. The molecule has 0 N–H and O–H groups in total. The van der Waals surface area contributed by atoms with Gasteiger partial charge in [-0.3, -0.25) is 9.69 Å². The van der Waals surface area contributed by atoms with Crippen LogP contribution in [0, 0.1) is 0 Å². The predicted octanol–water partition coefficient (Wildman–Crippen LogP) is 4.34. The molecule has 0 saturated carbocycles. The lowest BCUT2D eigenvalue weighted by atomic mass is 9.93. The lowest BCUT2D eigenvalue weighted by Gasteiger charge is -2.36. The van der Waals surface area contributed by atoms with E-state index in [2.05, 4.69) is 42.2 Å². The van der Waals surface area contributed by atoms with Crippen LogP contribution >= 0.6 is 0 Å². The lowest BCUT2D eigenvalue weighted by molar-refractivity contribution is -0.119. The van der Waals surface area contributed by atoms with E-state index in [1.54, 1.807) is 0 Å². The third-order valence-corrected chi connectivity index (χ3v) is 5.93. The molecular weight excluding hydrogens is 348 g/mol. The second-order valence-corrected chi connectivity index (χ2v) is 7.81. The number of carbonyl (C=O) groups excluding carboxylic acids is 1. The van der Waals surface area contributed by atoms with Crippen molar-refractivity contribution in [3.8, 4) is 0 Å². The van der Waals surface area contributed by atoms with Crippen LogP contribution in [-0.4, -0.2) is 37.1 Å². The van der Waals surface area contributed by atoms with Gasteiger partial charge in [-0.15, -0.1) is 0 Å². The predicted molar refractivity (Wildman–Crippen MR) is 112 cm³/mol. The molecule has 28 heavy (non-hydrogen) atoms. The normalized spacial score (nSPS) is 18.8. The molecule has 2 aliphatic rings. The molecule has 4 nitrogen and oxygen atoms in total. The van der Waals surface area contributed by atoms with Gasteiger partial charge in [-0.2, -0.15) is 0 Å². The van der Waals surface area contributed by atoms with E-state index in [0.29, 0.717) is 19.0 Å². The smallest absolute Gasteiger partial charge is 0.227 e. The van der Waals surface area contributed by atoms with Crippen LogP contribution < -0.4 is 4.90 Å². The van der Waals surface area contributed by atoms with Crippen molar-refractivity contribution in [3.63, 3.8) is 0 Å². The number of rotatable bonds is 6. The maximum atomic E-state index is 12.8. The zero-order valence-electron chi connectivity index (χ0n) is 16.8. The maximum absolute atomic E-state index is 12.8. The molecule has 2 aliphatic heterocycles. The van der Waals surface area contributed by atoms with Crippen molar-refractivity contribution in [1.82, 2.24) is 4.90 Å². The molecule has 1 unspecified atom stereocenters. The summed E-state index contributed by atoms with van der Waals surface area (Å²) in [4.78, 5) is 17.3. The van der Waals surface area contributed by atoms with E-state index in [0.717, 1.165) is 51.3 Å². The Morgan fingerprint density at radius 1 is 1.04 bits per heavy atom. The van der Waals surface area contributed by atoms with Crippen molar-refractivity contribution in [3.05, 3.63) is 65.2 Å². The molecule has 148 valence electrons. The van der Waals surface area contributed by atoms with Gasteiger partial charge in [0.15, 0.2) is 0 Å². The first-order valence-corrected chi connectivity index (χ1v) is 10.5. The number of morpholine rings is 1. The van der Waals surface area contributed by atoms with Gasteiger partial charge in [0, 0.05) is 31.2 Å². The lowest BCUT2D eigenvalue weighted by Crippen LogP contribution is -2.39. The monoisotopic (exact) mass is 378 g/mol. The Morgan fingerprint density at radius 2 is 1.82 bits per heavy atom. The summed E-state index contributed by atoms with van der Waals surface area (Å²) in [5.74, 6) is 0.229. The Labute approximate surface area is 168 Å². The minimum absolute atomic E-state index is 0.229. The number of aryl methyl sites for hydroxylation is 1. The fraction of sp³-hybridized carbons (Fsp3) is 0.458. The first kappa shape index (κ1) is 19.2. The van der Waals surface area contributed by atoms with Gasteiger partial charge in [-0.1, -0.05) is 55.8 Å². The van der Waals surface area contributed by atoms with Crippen LogP contribution in [0.2, 0.25) is 0 Å². The van der Waals surface area contributed by atoms with Crippen LogP contribution in [0.4, 0.5) is 5.69 Å². The van der Waals surface area contributed by atoms with Gasteiger partial charge in [0.05, 0.1) is 19.8 Å². The van der Waals surface area contributed by atoms with E-state index in [4.69, 9.17) is 4.74 Å². The number of nitrogens with zero attached hydrogens (tertiary/aromatic N) is 2. The number of ether oxygens (including phenoxy) is 1. The Balaban J connectivity index is 1.65. The Morgan fingerprint density at radius 3 is 2.57 bits per heavy atom. The van der Waals surface area contributed by atoms with E-state index < -0.39 is 0 Å². The molecule has 0 radical (unpaired) electrons. The summed E-state index contributed by atoms with van der Waals surface area (Å²) in [5, 5.41) is 0. The maximum Gasteiger partial charge on any atom is 0.227 e. The molecule has 4 rings (SSSR count). The van der Waals surface area contributed by atoms with Crippen LogP contribution in [0.5, 0.6) is 0 Å². The van der Waals surface area contributed by atoms with Crippen molar-refractivity contribution in [2.45, 2.75) is 45.2 Å². The number of carbonyl (C=O) groups is 1. The zero-order valence-corrected chi connectivity index (χ0v) is 16.8. The molecule has 2 aromatic carbocycles. The van der Waals surface area contributed by atoms with Crippen LogP contribution in [0.25, 0.3) is 0 Å². The van der Waals surface area contributed by atoms with Gasteiger partial charge in [0.25, 0.3) is 0 Å². The van der Waals surface area contributed by atoms with Crippen LogP contribution in [0.3, 0.4) is 0 Å². The van der Waals surface area contributed by atoms with E-state index in [9.17, 15) is 4.79 Å². The number of amides is 1. The molecular formula is C24H30N2O2. The zero-order chi connectivity index (χ0) is 19.3. The first-order valence-electron chi connectivity index (χ1n) is 10.5. The molecule has 2 heterocycles. The van der Waals surface area contributed by atoms with Crippen molar-refractivity contribution in [2.24, 2.45) is 0 Å². The molecule has 0 bridgehead atoms. The summed E-state index contributed by atoms with van der Waals surface area (Å²) in [6, 6.07) is 17.5. The second kappa shape index (κ2) is 8.89. The second-order valence-electron chi connectivity index (χ2n) is 7.81. The molecule has 0 aliphatic carbocycles. The van der Waals surface area contributed by atoms with E-state index in [-0.39, 0.29) is 5.91 Å². The number of benzene rings is 2. The summed E-state index contributed by atoms with van der Waals surface area (Å²) in [6.45, 7) is 6.47. The van der Waals surface area contributed by atoms with Crippen molar-refractivity contribution in [2.75, 3.05) is 31.2 Å². The van der Waals surface area contributed by atoms with Gasteiger partial charge in [0.2, 0.25) is 5.91 Å². The van der Waals surface area contributed by atoms with E-state index in [1.807, 2.05) is 23.1 Å². The molecule has 1 saturated heterocycles. The van der Waals surface area contributed by atoms with Crippen LogP contribution in [0.15, 0.2) is 48.5 Å². The fourth-order valence-corrected chi connectivity index (χ4v) is 4.42. The minimum Gasteiger partial charge on any atom is -0.379 e. The van der Waals surface area contributed by atoms with Crippen molar-refractivity contribution >= 4 is 11.6 Å². The highest BCUT2D eigenvalue weighted by Crippen LogP contribution is 2.35. The van der Waals surface area contributed by atoms with Crippen LogP contribution in [0.1, 0.15) is 48.9 Å². The van der Waals surface area contributed by atoms with Crippen molar-refractivity contribution in [1.29, 1.82) is 0 Å². The highest BCUT2D eigenvalue weighted by molar-refractivity contribution is 5.96. The van der Waals surface area contributed by atoms with Crippen molar-refractivity contribution < 1.29 is 9.53 Å². The molecule has 0 spiro atoms. The fourth-order valence-electron chi connectivity index (χ4n) is 4.42. The van der Waals surface area contributed by atoms with Gasteiger partial charge in [0.1, 0.15) is 0 Å². The Bertz CT molecular complexity index is 800. The molecule has 1 atom stereocenters. The van der Waals surface area contributed by atoms with Gasteiger partial charge in [-0.05, 0) is 35.6 Å². The number of hydrogen-bond acceptors (Lipinski definition) is 3. The average molecular weight is 379 g/mol. The first-order chi connectivity index (χ1) is 13.8. The molecule has 0 aromatic heterocycles. The topological polar surface area (TPSA) is 32.8 Å². The largest absolute Gasteiger partial charge is 0.379 e. The highest BCUT2D eigenvalue weighted by Gasteiger charge is 2.27. The van der Waals surface area contributed by atoms with Gasteiger partial charge < -0.3 is 9.64 Å². The minimum atomic E-state index is 0.229. The highest BCUT2D eigenvalue weighted by atomic mass is 16.5. The molecule has 1 fully saturated rings. The third-order valence-electron chi connectivity index (χ3n) is 5.93. The number of anilines is 1. The molecule has 4 heteroatoms. The standard InChI is InChI=1S/C24H30N2O2/c1-2-6-22(25-13-15-28-16-14-25)21-10-9-20-11-12-24(27)26(23(20)17-21)18-19-7-4-3-5-8-19/h3-5,7-10,17,22H,2,6,11-16,18H2,1H3. The molecule has 2 aromatic rings. The van der Waals surface area contributed by atoms with Gasteiger partial charge >= 0.3 is 0 Å². The number of hydrogen-bond donors (Lipinski definition) is 0. The Hall–Kier alpha value is -2.17. The average Bonchev–Trinajstić information content (AvgIpc) is 2.75. The SMILES string of the molecule is CCCC(c1ccc2c(c1)N(Cc1ccccc1)C(=O)CC2)N1CCOCC1. The quantitative estimate of drug-likeness (QED) is 0.750. The Kier molecular flexibility index (Phi) is 6.08. The van der Waals surface area contributed by atoms with E-state index in [1.165, 1.54) is 16.7 Å².